The van der Waals surface area contributed by atoms with Crippen LogP contribution in [0, 0.1) is 11.3 Å². The van der Waals surface area contributed by atoms with Gasteiger partial charge in [-0.1, -0.05) is 50.6 Å². The fourth-order valence-corrected chi connectivity index (χ4v) is 6.43. The topological polar surface area (TPSA) is 80.9 Å². The van der Waals surface area contributed by atoms with Gasteiger partial charge < -0.3 is 14.5 Å². The number of methoxy groups -OCH3 is 1. The number of thiophene rings is 1. The first-order valence-corrected chi connectivity index (χ1v) is 14.4. The fourth-order valence-electron chi connectivity index (χ4n) is 5.04. The number of carbonyl (C=O) groups excluding carboxylic acids is 2. The van der Waals surface area contributed by atoms with Gasteiger partial charge >= 0.3 is 5.97 Å². The van der Waals surface area contributed by atoms with Crippen LogP contribution in [-0.4, -0.2) is 25.2 Å². The normalized spacial score (nSPS) is 15.2. The number of aliphatic imine (C=N–C) groups is 1. The lowest BCUT2D eigenvalue weighted by Crippen LogP contribution is -2.27. The van der Waals surface area contributed by atoms with E-state index in [1.807, 2.05) is 12.1 Å². The quantitative estimate of drug-likeness (QED) is 0.185. The summed E-state index contributed by atoms with van der Waals surface area (Å²) in [5.41, 5.74) is 3.60. The number of amides is 1. The smallest absolute Gasteiger partial charge is 0.338 e. The average Bonchev–Trinajstić information content (AvgIpc) is 3.56. The van der Waals surface area contributed by atoms with E-state index in [1.54, 1.807) is 66.1 Å². The van der Waals surface area contributed by atoms with Crippen LogP contribution in [0.1, 0.15) is 64.1 Å². The number of hydrogen-bond acceptors (Lipinski definition) is 6. The minimum absolute atomic E-state index is 0.182. The Morgan fingerprint density at radius 1 is 1.10 bits per heavy atom. The van der Waals surface area contributed by atoms with Gasteiger partial charge in [0.25, 0.3) is 5.91 Å². The van der Waals surface area contributed by atoms with Gasteiger partial charge in [0.1, 0.15) is 16.5 Å². The third kappa shape index (κ3) is 5.91. The van der Waals surface area contributed by atoms with Gasteiger partial charge in [0.05, 0.1) is 24.5 Å². The van der Waals surface area contributed by atoms with Crippen molar-refractivity contribution in [2.24, 2.45) is 16.3 Å². The first kappa shape index (κ1) is 27.9. The summed E-state index contributed by atoms with van der Waals surface area (Å²) in [4.78, 5) is 31.8. The van der Waals surface area contributed by atoms with Crippen LogP contribution in [0.3, 0.4) is 0 Å². The van der Waals surface area contributed by atoms with E-state index in [1.165, 1.54) is 12.0 Å². The molecule has 40 heavy (non-hydrogen) atoms. The molecule has 2 aromatic carbocycles. The highest BCUT2D eigenvalue weighted by atomic mass is 35.5. The molecule has 0 unspecified atom stereocenters. The van der Waals surface area contributed by atoms with E-state index in [0.717, 1.165) is 24.8 Å². The summed E-state index contributed by atoms with van der Waals surface area (Å²) in [6.45, 7) is 6.82. The summed E-state index contributed by atoms with van der Waals surface area (Å²) >= 11 is 7.60. The van der Waals surface area contributed by atoms with E-state index in [4.69, 9.17) is 25.7 Å². The van der Waals surface area contributed by atoms with Crippen LogP contribution in [-0.2, 0) is 17.6 Å². The molecule has 6 nitrogen and oxygen atoms in total. The Balaban J connectivity index is 1.47. The highest BCUT2D eigenvalue weighted by molar-refractivity contribution is 7.16. The van der Waals surface area contributed by atoms with E-state index in [2.05, 4.69) is 26.1 Å². The molecule has 0 radical (unpaired) electrons. The summed E-state index contributed by atoms with van der Waals surface area (Å²) in [6.07, 6.45) is 4.41. The minimum Gasteiger partial charge on any atom is -0.465 e. The molecule has 1 aliphatic rings. The zero-order valence-corrected chi connectivity index (χ0v) is 24.5. The minimum atomic E-state index is -0.434. The van der Waals surface area contributed by atoms with Gasteiger partial charge in [0.15, 0.2) is 0 Å². The molecule has 5 rings (SSSR count). The van der Waals surface area contributed by atoms with Gasteiger partial charge in [0.2, 0.25) is 0 Å². The van der Waals surface area contributed by atoms with Crippen molar-refractivity contribution in [3.63, 3.8) is 0 Å². The van der Waals surface area contributed by atoms with E-state index in [-0.39, 0.29) is 11.3 Å². The van der Waals surface area contributed by atoms with Crippen LogP contribution in [0.2, 0.25) is 5.02 Å². The number of esters is 1. The fraction of sp³-hybridized carbons (Fsp3) is 0.281. The maximum Gasteiger partial charge on any atom is 0.338 e. The summed E-state index contributed by atoms with van der Waals surface area (Å²) in [6, 6.07) is 17.8. The number of furan rings is 1. The van der Waals surface area contributed by atoms with Crippen LogP contribution < -0.4 is 5.32 Å². The molecule has 2 heterocycles. The maximum atomic E-state index is 13.6. The second-order valence-corrected chi connectivity index (χ2v) is 12.5. The van der Waals surface area contributed by atoms with Crippen LogP contribution in [0.25, 0.3) is 11.3 Å². The van der Waals surface area contributed by atoms with Gasteiger partial charge in [-0.05, 0) is 78.6 Å². The van der Waals surface area contributed by atoms with Gasteiger partial charge in [-0.25, -0.2) is 9.79 Å². The lowest BCUT2D eigenvalue weighted by atomic mass is 9.72. The largest absolute Gasteiger partial charge is 0.465 e. The van der Waals surface area contributed by atoms with Crippen LogP contribution in [0.4, 0.5) is 10.7 Å². The Bertz CT molecular complexity index is 1580. The van der Waals surface area contributed by atoms with Crippen LogP contribution >= 0.6 is 22.9 Å². The third-order valence-corrected chi connectivity index (χ3v) is 8.75. The molecule has 0 aliphatic heterocycles. The number of halogens is 1. The summed E-state index contributed by atoms with van der Waals surface area (Å²) in [5.74, 6) is 0.953. The molecule has 2 aromatic heterocycles. The van der Waals surface area contributed by atoms with Crippen molar-refractivity contribution < 1.29 is 18.7 Å². The molecule has 0 fully saturated rings. The molecule has 4 aromatic rings. The number of benzene rings is 2. The molecule has 8 heteroatoms. The third-order valence-electron chi connectivity index (χ3n) is 7.33. The molecule has 1 atom stereocenters. The Kier molecular flexibility index (Phi) is 7.97. The molecule has 1 amide bonds. The Morgan fingerprint density at radius 3 is 2.58 bits per heavy atom. The highest BCUT2D eigenvalue weighted by Crippen LogP contribution is 2.45. The Labute approximate surface area is 243 Å². The Morgan fingerprint density at radius 2 is 1.85 bits per heavy atom. The molecular formula is C32H31ClN2O4S. The standard InChI is InChI=1S/C32H31ClN2O4S/c1-32(2,3)19-9-15-25-27(17-19)40-30(28(25)29(36)35-21-12-10-20(33)11-13-21)34-18-22-14-16-26(39-22)23-7-5-6-8-24(23)31(37)38-4/h5-8,10-14,16,18-19H,9,15,17H2,1-4H3,(H,35,36)/t19-/m0/s1. The first-order chi connectivity index (χ1) is 19.1. The number of nitrogens with one attached hydrogen (secondary N) is 1. The molecule has 0 saturated heterocycles. The average molecular weight is 575 g/mol. The molecule has 0 spiro atoms. The second kappa shape index (κ2) is 11.4. The lowest BCUT2D eigenvalue weighted by molar-refractivity contribution is 0.0601. The number of rotatable bonds is 6. The Hall–Kier alpha value is -3.68. The van der Waals surface area contributed by atoms with Crippen LogP contribution in [0.5, 0.6) is 0 Å². The summed E-state index contributed by atoms with van der Waals surface area (Å²) < 4.78 is 10.9. The monoisotopic (exact) mass is 574 g/mol. The van der Waals surface area contributed by atoms with E-state index < -0.39 is 5.97 Å². The molecule has 206 valence electrons. The summed E-state index contributed by atoms with van der Waals surface area (Å²) in [5, 5.41) is 4.28. The van der Waals surface area contributed by atoms with Gasteiger partial charge in [0, 0.05) is 21.2 Å². The lowest BCUT2D eigenvalue weighted by Gasteiger charge is -2.33. The zero-order chi connectivity index (χ0) is 28.4. The number of hydrogen-bond donors (Lipinski definition) is 1. The van der Waals surface area contributed by atoms with Gasteiger partial charge in [-0.15, -0.1) is 11.3 Å². The number of anilines is 1. The SMILES string of the molecule is COC(=O)c1ccccc1-c1ccc(C=Nc2sc3c(c2C(=O)Nc2ccc(Cl)cc2)CC[C@H](C(C)(C)C)C3)o1. The van der Waals surface area contributed by atoms with Crippen molar-refractivity contribution in [3.8, 4) is 11.3 Å². The zero-order valence-electron chi connectivity index (χ0n) is 22.9. The van der Waals surface area contributed by atoms with Crippen molar-refractivity contribution in [1.82, 2.24) is 0 Å². The number of fused-ring (bicyclic) bond motifs is 1. The van der Waals surface area contributed by atoms with Gasteiger partial charge in [-0.3, -0.25) is 4.79 Å². The second-order valence-electron chi connectivity index (χ2n) is 10.9. The van der Waals surface area contributed by atoms with Crippen molar-refractivity contribution in [2.75, 3.05) is 12.4 Å². The predicted octanol–water partition coefficient (Wildman–Crippen LogP) is 8.60. The number of ether oxygens (including phenoxy) is 1. The van der Waals surface area contributed by atoms with Crippen LogP contribution in [0.15, 0.2) is 70.1 Å². The van der Waals surface area contributed by atoms with Crippen molar-refractivity contribution in [1.29, 1.82) is 0 Å². The first-order valence-electron chi connectivity index (χ1n) is 13.2. The van der Waals surface area contributed by atoms with E-state index in [9.17, 15) is 9.59 Å². The van der Waals surface area contributed by atoms with Gasteiger partial charge in [-0.2, -0.15) is 0 Å². The van der Waals surface area contributed by atoms with Crippen molar-refractivity contribution in [2.45, 2.75) is 40.0 Å². The van der Waals surface area contributed by atoms with E-state index in [0.29, 0.717) is 49.8 Å². The molecule has 1 N–H and O–H groups in total. The van der Waals surface area contributed by atoms with E-state index >= 15 is 0 Å². The number of nitrogens with zero attached hydrogens (tertiary/aromatic N) is 1. The predicted molar refractivity (Wildman–Crippen MR) is 161 cm³/mol. The number of carbonyl (C=O) groups is 2. The maximum absolute atomic E-state index is 13.6. The van der Waals surface area contributed by atoms with Crippen molar-refractivity contribution >= 4 is 51.7 Å². The molecular weight excluding hydrogens is 544 g/mol. The molecule has 0 saturated carbocycles. The van der Waals surface area contributed by atoms with Crippen molar-refractivity contribution in [3.05, 3.63) is 93.0 Å². The molecule has 1 aliphatic carbocycles. The molecule has 0 bridgehead atoms. The highest BCUT2D eigenvalue weighted by Gasteiger charge is 2.33. The summed E-state index contributed by atoms with van der Waals surface area (Å²) in [7, 11) is 1.35.